The summed E-state index contributed by atoms with van der Waals surface area (Å²) in [6.07, 6.45) is 1.09. The second-order valence-electron chi connectivity index (χ2n) is 4.60. The van der Waals surface area contributed by atoms with Gasteiger partial charge in [0.25, 0.3) is 0 Å². The van der Waals surface area contributed by atoms with Crippen LogP contribution in [0.15, 0.2) is 18.2 Å². The number of aliphatic hydroxyl groups is 1. The van der Waals surface area contributed by atoms with Crippen molar-refractivity contribution in [2.45, 2.75) is 19.4 Å². The van der Waals surface area contributed by atoms with Gasteiger partial charge in [-0.2, -0.15) is 0 Å². The molecule has 0 amide bonds. The highest BCUT2D eigenvalue weighted by molar-refractivity contribution is 5.74. The molecule has 2 unspecified atom stereocenters. The maximum atomic E-state index is 9.47. The molecule has 94 valence electrons. The average Bonchev–Trinajstić information content (AvgIpc) is 2.70. The summed E-state index contributed by atoms with van der Waals surface area (Å²) in [7, 11) is 1.62. The molecule has 0 aliphatic carbocycles. The number of nitrogens with zero attached hydrogens (tertiary/aromatic N) is 1. The topological polar surface area (TPSA) is 58.7 Å². The molecule has 1 fully saturated rings. The fourth-order valence-electron chi connectivity index (χ4n) is 2.55. The second kappa shape index (κ2) is 4.84. The van der Waals surface area contributed by atoms with Gasteiger partial charge in [0, 0.05) is 6.54 Å². The van der Waals surface area contributed by atoms with Crippen LogP contribution in [0.5, 0.6) is 5.75 Å². The summed E-state index contributed by atoms with van der Waals surface area (Å²) < 4.78 is 5.23. The number of rotatable bonds is 3. The van der Waals surface area contributed by atoms with Gasteiger partial charge < -0.3 is 20.5 Å². The third kappa shape index (κ3) is 2.05. The first-order chi connectivity index (χ1) is 8.19. The van der Waals surface area contributed by atoms with E-state index >= 15 is 0 Å². The van der Waals surface area contributed by atoms with Crippen molar-refractivity contribution in [2.75, 3.05) is 30.9 Å². The van der Waals surface area contributed by atoms with E-state index in [2.05, 4.69) is 11.8 Å². The Morgan fingerprint density at radius 2 is 2.29 bits per heavy atom. The van der Waals surface area contributed by atoms with E-state index in [0.717, 1.165) is 18.7 Å². The van der Waals surface area contributed by atoms with E-state index in [4.69, 9.17) is 10.5 Å². The summed E-state index contributed by atoms with van der Waals surface area (Å²) in [5.74, 6) is 1.18. The van der Waals surface area contributed by atoms with Crippen molar-refractivity contribution < 1.29 is 9.84 Å². The maximum Gasteiger partial charge on any atom is 0.143 e. The lowest BCUT2D eigenvalue weighted by molar-refractivity contribution is 0.245. The Bertz CT molecular complexity index is 395. The normalized spacial score (nSPS) is 24.1. The van der Waals surface area contributed by atoms with Crippen molar-refractivity contribution in [3.05, 3.63) is 18.2 Å². The number of hydrogen-bond donors (Lipinski definition) is 2. The van der Waals surface area contributed by atoms with Crippen molar-refractivity contribution in [1.82, 2.24) is 0 Å². The molecule has 4 heteroatoms. The molecule has 3 N–H and O–H groups in total. The Balaban J connectivity index is 2.34. The minimum atomic E-state index is 0.157. The first kappa shape index (κ1) is 12.0. The Morgan fingerprint density at radius 3 is 2.94 bits per heavy atom. The molecule has 1 aromatic carbocycles. The van der Waals surface area contributed by atoms with Gasteiger partial charge in [-0.25, -0.2) is 0 Å². The van der Waals surface area contributed by atoms with Gasteiger partial charge in [0.1, 0.15) is 5.75 Å². The molecule has 0 bridgehead atoms. The van der Waals surface area contributed by atoms with E-state index < -0.39 is 0 Å². The highest BCUT2D eigenvalue weighted by Crippen LogP contribution is 2.37. The maximum absolute atomic E-state index is 9.47. The van der Waals surface area contributed by atoms with Gasteiger partial charge >= 0.3 is 0 Å². The Labute approximate surface area is 102 Å². The second-order valence-corrected chi connectivity index (χ2v) is 4.60. The van der Waals surface area contributed by atoms with E-state index in [1.807, 2.05) is 18.2 Å². The molecule has 1 aromatic rings. The van der Waals surface area contributed by atoms with E-state index in [0.29, 0.717) is 17.4 Å². The third-order valence-corrected chi connectivity index (χ3v) is 3.64. The van der Waals surface area contributed by atoms with Crippen LogP contribution in [0.3, 0.4) is 0 Å². The number of nitrogen functional groups attached to an aromatic ring is 1. The summed E-state index contributed by atoms with van der Waals surface area (Å²) in [6.45, 7) is 3.26. The first-order valence-corrected chi connectivity index (χ1v) is 5.99. The molecule has 4 nitrogen and oxygen atoms in total. The summed E-state index contributed by atoms with van der Waals surface area (Å²) in [4.78, 5) is 2.18. The Morgan fingerprint density at radius 1 is 1.53 bits per heavy atom. The molecule has 2 rings (SSSR count). The average molecular weight is 236 g/mol. The monoisotopic (exact) mass is 236 g/mol. The van der Waals surface area contributed by atoms with E-state index in [1.54, 1.807) is 7.11 Å². The van der Waals surface area contributed by atoms with Gasteiger partial charge in [-0.05, 0) is 24.5 Å². The van der Waals surface area contributed by atoms with E-state index in [-0.39, 0.29) is 12.6 Å². The zero-order chi connectivity index (χ0) is 12.4. The van der Waals surface area contributed by atoms with Gasteiger partial charge in [0.2, 0.25) is 0 Å². The quantitative estimate of drug-likeness (QED) is 0.781. The first-order valence-electron chi connectivity index (χ1n) is 5.99. The smallest absolute Gasteiger partial charge is 0.143 e. The Hall–Kier alpha value is -1.42. The Kier molecular flexibility index (Phi) is 3.43. The minimum Gasteiger partial charge on any atom is -0.495 e. The number of hydrogen-bond acceptors (Lipinski definition) is 4. The number of nitrogens with two attached hydrogens (primary N) is 1. The van der Waals surface area contributed by atoms with Crippen molar-refractivity contribution in [3.63, 3.8) is 0 Å². The van der Waals surface area contributed by atoms with Crippen LogP contribution in [0.25, 0.3) is 0 Å². The SMILES string of the molecule is COc1cccc(N2CCC(C)C2CO)c1N. The van der Waals surface area contributed by atoms with Crippen molar-refractivity contribution in [2.24, 2.45) is 5.92 Å². The molecule has 0 aromatic heterocycles. The largest absolute Gasteiger partial charge is 0.495 e. The molecule has 0 saturated carbocycles. The molecule has 1 heterocycles. The lowest BCUT2D eigenvalue weighted by Crippen LogP contribution is -2.35. The highest BCUT2D eigenvalue weighted by Gasteiger charge is 2.31. The lowest BCUT2D eigenvalue weighted by Gasteiger charge is -2.28. The number of methoxy groups -OCH3 is 1. The van der Waals surface area contributed by atoms with Crippen LogP contribution in [0.1, 0.15) is 13.3 Å². The van der Waals surface area contributed by atoms with E-state index in [9.17, 15) is 5.11 Å². The fourth-order valence-corrected chi connectivity index (χ4v) is 2.55. The van der Waals surface area contributed by atoms with Gasteiger partial charge in [-0.3, -0.25) is 0 Å². The van der Waals surface area contributed by atoms with Crippen molar-refractivity contribution in [3.8, 4) is 5.75 Å². The highest BCUT2D eigenvalue weighted by atomic mass is 16.5. The summed E-state index contributed by atoms with van der Waals surface area (Å²) in [6, 6.07) is 5.93. The van der Waals surface area contributed by atoms with Crippen LogP contribution in [-0.2, 0) is 0 Å². The lowest BCUT2D eigenvalue weighted by atomic mass is 10.0. The molecular formula is C13H20N2O2. The zero-order valence-corrected chi connectivity index (χ0v) is 10.4. The summed E-state index contributed by atoms with van der Waals surface area (Å²) in [5, 5.41) is 9.47. The molecule has 1 aliphatic heterocycles. The van der Waals surface area contributed by atoms with Gasteiger partial charge in [0.15, 0.2) is 0 Å². The molecule has 0 radical (unpaired) electrons. The minimum absolute atomic E-state index is 0.157. The summed E-state index contributed by atoms with van der Waals surface area (Å²) in [5.41, 5.74) is 7.71. The number of ether oxygens (including phenoxy) is 1. The third-order valence-electron chi connectivity index (χ3n) is 3.64. The van der Waals surface area contributed by atoms with Crippen molar-refractivity contribution >= 4 is 11.4 Å². The molecule has 2 atom stereocenters. The van der Waals surface area contributed by atoms with Crippen LogP contribution in [0.4, 0.5) is 11.4 Å². The number of para-hydroxylation sites is 1. The van der Waals surface area contributed by atoms with Crippen LogP contribution in [-0.4, -0.2) is 31.4 Å². The number of benzene rings is 1. The van der Waals surface area contributed by atoms with Crippen LogP contribution >= 0.6 is 0 Å². The fraction of sp³-hybridized carbons (Fsp3) is 0.538. The number of anilines is 2. The predicted molar refractivity (Wildman–Crippen MR) is 69.4 cm³/mol. The molecular weight excluding hydrogens is 216 g/mol. The standard InChI is InChI=1S/C13H20N2O2/c1-9-6-7-15(11(9)8-16)10-4-3-5-12(17-2)13(10)14/h3-5,9,11,16H,6-8,14H2,1-2H3. The van der Waals surface area contributed by atoms with Crippen LogP contribution < -0.4 is 15.4 Å². The molecule has 1 aliphatic rings. The van der Waals surface area contributed by atoms with Crippen molar-refractivity contribution in [1.29, 1.82) is 0 Å². The van der Waals surface area contributed by atoms with Crippen LogP contribution in [0.2, 0.25) is 0 Å². The molecule has 1 saturated heterocycles. The van der Waals surface area contributed by atoms with Gasteiger partial charge in [0.05, 0.1) is 31.1 Å². The summed E-state index contributed by atoms with van der Waals surface area (Å²) >= 11 is 0. The zero-order valence-electron chi connectivity index (χ0n) is 10.4. The number of aliphatic hydroxyl groups excluding tert-OH is 1. The molecule has 17 heavy (non-hydrogen) atoms. The predicted octanol–water partition coefficient (Wildman–Crippen LogP) is 1.48. The van der Waals surface area contributed by atoms with Gasteiger partial charge in [-0.15, -0.1) is 0 Å². The molecule has 0 spiro atoms. The van der Waals surface area contributed by atoms with E-state index in [1.165, 1.54) is 0 Å². The van der Waals surface area contributed by atoms with Crippen LogP contribution in [0, 0.1) is 5.92 Å². The van der Waals surface area contributed by atoms with Gasteiger partial charge in [-0.1, -0.05) is 13.0 Å².